The number of ether oxygens (including phenoxy) is 2. The molecule has 1 heterocycles. The fourth-order valence-corrected chi connectivity index (χ4v) is 3.50. The topological polar surface area (TPSA) is 105 Å². The molecule has 2 aromatic carbocycles. The van der Waals surface area contributed by atoms with Gasteiger partial charge in [-0.05, 0) is 50.2 Å². The Bertz CT molecular complexity index is 1020. The first-order valence-corrected chi connectivity index (χ1v) is 10.6. The Balaban J connectivity index is 1.73. The number of anilines is 2. The second-order valence-electron chi connectivity index (χ2n) is 7.54. The first kappa shape index (κ1) is 23.9. The van der Waals surface area contributed by atoms with E-state index in [2.05, 4.69) is 5.32 Å². The summed E-state index contributed by atoms with van der Waals surface area (Å²) in [5, 5.41) is 2.71. The van der Waals surface area contributed by atoms with Crippen LogP contribution < -0.4 is 10.2 Å². The van der Waals surface area contributed by atoms with E-state index in [1.807, 2.05) is 19.1 Å². The van der Waals surface area contributed by atoms with E-state index in [-0.39, 0.29) is 26.2 Å². The minimum absolute atomic E-state index is 0.176. The number of benzene rings is 2. The fraction of sp³-hybridized carbons (Fsp3) is 0.333. The van der Waals surface area contributed by atoms with Crippen LogP contribution in [-0.2, 0) is 19.1 Å². The molecule has 0 unspecified atom stereocenters. The van der Waals surface area contributed by atoms with Gasteiger partial charge in [0.05, 0.1) is 30.9 Å². The van der Waals surface area contributed by atoms with E-state index in [1.54, 1.807) is 43.3 Å². The molecule has 0 aromatic heterocycles. The average molecular weight is 453 g/mol. The third-order valence-electron chi connectivity index (χ3n) is 5.21. The number of esters is 1. The second kappa shape index (κ2) is 10.7. The van der Waals surface area contributed by atoms with Crippen molar-refractivity contribution < 1.29 is 28.7 Å². The largest absolute Gasteiger partial charge is 0.462 e. The molecule has 1 N–H and O–H groups in total. The lowest BCUT2D eigenvalue weighted by molar-refractivity contribution is -0.124. The molecular weight excluding hydrogens is 426 g/mol. The number of carbonyl (C=O) groups is 4. The van der Waals surface area contributed by atoms with Gasteiger partial charge in [0.2, 0.25) is 5.91 Å². The predicted molar refractivity (Wildman–Crippen MR) is 122 cm³/mol. The van der Waals surface area contributed by atoms with Gasteiger partial charge in [-0.3, -0.25) is 9.59 Å². The van der Waals surface area contributed by atoms with E-state index in [4.69, 9.17) is 9.47 Å². The van der Waals surface area contributed by atoms with E-state index < -0.39 is 29.9 Å². The Morgan fingerprint density at radius 3 is 2.30 bits per heavy atom. The molecule has 2 aromatic rings. The minimum atomic E-state index is -0.951. The summed E-state index contributed by atoms with van der Waals surface area (Å²) in [6, 6.07) is 11.8. The van der Waals surface area contributed by atoms with Gasteiger partial charge in [-0.2, -0.15) is 0 Å². The van der Waals surface area contributed by atoms with Gasteiger partial charge in [-0.25, -0.2) is 14.5 Å². The predicted octanol–water partition coefficient (Wildman–Crippen LogP) is 2.98. The van der Waals surface area contributed by atoms with Crippen LogP contribution in [0.25, 0.3) is 0 Å². The van der Waals surface area contributed by atoms with Crippen LogP contribution in [-0.4, -0.2) is 61.6 Å². The highest BCUT2D eigenvalue weighted by atomic mass is 16.5. The number of hydrogen-bond donors (Lipinski definition) is 1. The van der Waals surface area contributed by atoms with Crippen LogP contribution in [0.2, 0.25) is 0 Å². The monoisotopic (exact) mass is 453 g/mol. The normalized spacial score (nSPS) is 15.7. The summed E-state index contributed by atoms with van der Waals surface area (Å²) in [7, 11) is 1.50. The van der Waals surface area contributed by atoms with Crippen LogP contribution in [0.5, 0.6) is 0 Å². The number of rotatable bonds is 9. The van der Waals surface area contributed by atoms with Gasteiger partial charge >= 0.3 is 12.0 Å². The molecule has 0 radical (unpaired) electrons. The summed E-state index contributed by atoms with van der Waals surface area (Å²) in [5.41, 5.74) is 2.28. The molecule has 9 heteroatoms. The van der Waals surface area contributed by atoms with E-state index in [0.29, 0.717) is 16.9 Å². The zero-order valence-electron chi connectivity index (χ0n) is 18.9. The van der Waals surface area contributed by atoms with Crippen LogP contribution in [0.1, 0.15) is 29.3 Å². The molecule has 1 aliphatic rings. The number of imide groups is 1. The molecular formula is C24H27N3O6. The highest BCUT2D eigenvalue weighted by Gasteiger charge is 2.46. The highest BCUT2D eigenvalue weighted by molar-refractivity contribution is 6.22. The maximum atomic E-state index is 13.1. The van der Waals surface area contributed by atoms with Crippen molar-refractivity contribution in [3.8, 4) is 0 Å². The highest BCUT2D eigenvalue weighted by Crippen LogP contribution is 2.27. The van der Waals surface area contributed by atoms with Crippen LogP contribution in [0, 0.1) is 6.92 Å². The first-order valence-electron chi connectivity index (χ1n) is 10.6. The summed E-state index contributed by atoms with van der Waals surface area (Å²) in [5.74, 6) is -1.35. The maximum Gasteiger partial charge on any atom is 0.338 e. The number of nitrogens with one attached hydrogen (secondary N) is 1. The van der Waals surface area contributed by atoms with Crippen molar-refractivity contribution in [2.75, 3.05) is 37.1 Å². The Morgan fingerprint density at radius 2 is 1.70 bits per heavy atom. The smallest absolute Gasteiger partial charge is 0.338 e. The fourth-order valence-electron chi connectivity index (χ4n) is 3.50. The van der Waals surface area contributed by atoms with Crippen LogP contribution >= 0.6 is 0 Å². The second-order valence-corrected chi connectivity index (χ2v) is 7.54. The summed E-state index contributed by atoms with van der Waals surface area (Å²) < 4.78 is 10.0. The Labute approximate surface area is 192 Å². The SMILES string of the molecule is CCOC(=O)c1ccc(NC(=O)C[C@@H]2C(=O)N(c3ccc(C)cc3)C(=O)N2CCOC)cc1. The molecule has 1 saturated heterocycles. The number of amides is 4. The van der Waals surface area contributed by atoms with Crippen molar-refractivity contribution in [3.05, 3.63) is 59.7 Å². The first-order chi connectivity index (χ1) is 15.8. The lowest BCUT2D eigenvalue weighted by atomic mass is 10.1. The average Bonchev–Trinajstić information content (AvgIpc) is 3.02. The third kappa shape index (κ3) is 5.56. The van der Waals surface area contributed by atoms with Gasteiger partial charge in [0, 0.05) is 19.3 Å². The number of carbonyl (C=O) groups excluding carboxylic acids is 4. The molecule has 4 amide bonds. The van der Waals surface area contributed by atoms with Crippen LogP contribution in [0.15, 0.2) is 48.5 Å². The molecule has 0 saturated carbocycles. The van der Waals surface area contributed by atoms with Gasteiger partial charge in [0.15, 0.2) is 0 Å². The molecule has 0 spiro atoms. The van der Waals surface area contributed by atoms with Crippen LogP contribution in [0.3, 0.4) is 0 Å². The van der Waals surface area contributed by atoms with Gasteiger partial charge in [0.25, 0.3) is 5.91 Å². The van der Waals surface area contributed by atoms with E-state index >= 15 is 0 Å². The Morgan fingerprint density at radius 1 is 1.03 bits per heavy atom. The van der Waals surface area contributed by atoms with Crippen molar-refractivity contribution in [2.24, 2.45) is 0 Å². The molecule has 3 rings (SSSR count). The summed E-state index contributed by atoms with van der Waals surface area (Å²) >= 11 is 0. The molecule has 0 aliphatic carbocycles. The third-order valence-corrected chi connectivity index (χ3v) is 5.21. The van der Waals surface area contributed by atoms with E-state index in [1.165, 1.54) is 12.0 Å². The van der Waals surface area contributed by atoms with Gasteiger partial charge in [-0.1, -0.05) is 17.7 Å². The molecule has 1 aliphatic heterocycles. The number of urea groups is 1. The Kier molecular flexibility index (Phi) is 7.78. The lowest BCUT2D eigenvalue weighted by Gasteiger charge is -2.21. The van der Waals surface area contributed by atoms with E-state index in [9.17, 15) is 19.2 Å². The molecule has 1 fully saturated rings. The standard InChI is InChI=1S/C24H27N3O6/c1-4-33-23(30)17-7-9-18(10-8-17)25-21(28)15-20-22(29)27(19-11-5-16(2)6-12-19)24(31)26(20)13-14-32-3/h5-12,20H,4,13-15H2,1-3H3,(H,25,28)/t20-/m1/s1. The van der Waals surface area contributed by atoms with Crippen molar-refractivity contribution in [3.63, 3.8) is 0 Å². The van der Waals surface area contributed by atoms with E-state index in [0.717, 1.165) is 10.5 Å². The zero-order chi connectivity index (χ0) is 24.0. The van der Waals surface area contributed by atoms with Gasteiger partial charge < -0.3 is 19.7 Å². The molecule has 9 nitrogen and oxygen atoms in total. The maximum absolute atomic E-state index is 13.1. The quantitative estimate of drug-likeness (QED) is 0.462. The van der Waals surface area contributed by atoms with Crippen molar-refractivity contribution >= 4 is 35.2 Å². The summed E-state index contributed by atoms with van der Waals surface area (Å²) in [6.07, 6.45) is -0.212. The molecule has 33 heavy (non-hydrogen) atoms. The zero-order valence-corrected chi connectivity index (χ0v) is 18.9. The number of aryl methyl sites for hydroxylation is 1. The number of hydrogen-bond acceptors (Lipinski definition) is 6. The number of nitrogens with zero attached hydrogens (tertiary/aromatic N) is 2. The summed E-state index contributed by atoms with van der Waals surface area (Å²) in [4.78, 5) is 53.1. The number of methoxy groups -OCH3 is 1. The van der Waals surface area contributed by atoms with Gasteiger partial charge in [-0.15, -0.1) is 0 Å². The summed E-state index contributed by atoms with van der Waals surface area (Å²) in [6.45, 7) is 4.31. The lowest BCUT2D eigenvalue weighted by Crippen LogP contribution is -2.39. The molecule has 1 atom stereocenters. The molecule has 174 valence electrons. The Hall–Kier alpha value is -3.72. The van der Waals surface area contributed by atoms with Crippen molar-refractivity contribution in [1.82, 2.24) is 4.90 Å². The van der Waals surface area contributed by atoms with Crippen molar-refractivity contribution in [1.29, 1.82) is 0 Å². The van der Waals surface area contributed by atoms with Gasteiger partial charge in [0.1, 0.15) is 6.04 Å². The molecule has 0 bridgehead atoms. The van der Waals surface area contributed by atoms with Crippen molar-refractivity contribution in [2.45, 2.75) is 26.3 Å². The van der Waals surface area contributed by atoms with Crippen LogP contribution in [0.4, 0.5) is 16.2 Å². The minimum Gasteiger partial charge on any atom is -0.462 e.